The molecule has 0 unspecified atom stereocenters. The molecule has 1 aromatic rings. The lowest BCUT2D eigenvalue weighted by atomic mass is 10.0. The average Bonchev–Trinajstić information content (AvgIpc) is 3.17. The number of benzene rings is 1. The number of halogens is 3. The first kappa shape index (κ1) is 19.5. The molecule has 6 nitrogen and oxygen atoms in total. The maximum Gasteiger partial charge on any atom is 0.405 e. The zero-order valence-corrected chi connectivity index (χ0v) is 14.9. The molecule has 0 aromatic heterocycles. The highest BCUT2D eigenvalue weighted by Crippen LogP contribution is 2.54. The lowest BCUT2D eigenvalue weighted by Gasteiger charge is -2.33. The second kappa shape index (κ2) is 7.41. The van der Waals surface area contributed by atoms with E-state index in [1.54, 1.807) is 5.32 Å². The number of ether oxygens (including phenoxy) is 1. The van der Waals surface area contributed by atoms with Gasteiger partial charge in [-0.25, -0.2) is 4.79 Å². The number of hydrogen-bond acceptors (Lipinski definition) is 5. The van der Waals surface area contributed by atoms with Crippen LogP contribution >= 0.6 is 11.8 Å². The fourth-order valence-corrected chi connectivity index (χ4v) is 4.93. The van der Waals surface area contributed by atoms with E-state index in [1.807, 2.05) is 30.3 Å². The minimum absolute atomic E-state index is 0.188. The summed E-state index contributed by atoms with van der Waals surface area (Å²) in [5.41, 5.74) is 0.902. The standard InChI is InChI=1S/C17H17F3N2O4S/c18-17(19,20)10-21-13(23)8-26-15(25)12-9-27-16(7-6-14(24)22(12)16)11-4-2-1-3-5-11/h1-5,12H,6-10H2,(H,21,23)/t12-,16-/m0/s1. The van der Waals surface area contributed by atoms with Crippen LogP contribution in [0.4, 0.5) is 13.2 Å². The van der Waals surface area contributed by atoms with Crippen LogP contribution in [0.25, 0.3) is 0 Å². The van der Waals surface area contributed by atoms with Crippen molar-refractivity contribution < 1.29 is 32.3 Å². The topological polar surface area (TPSA) is 75.7 Å². The van der Waals surface area contributed by atoms with E-state index >= 15 is 0 Å². The van der Waals surface area contributed by atoms with Crippen LogP contribution in [0.2, 0.25) is 0 Å². The van der Waals surface area contributed by atoms with Gasteiger partial charge in [-0.15, -0.1) is 11.8 Å². The summed E-state index contributed by atoms with van der Waals surface area (Å²) < 4.78 is 41.1. The summed E-state index contributed by atoms with van der Waals surface area (Å²) in [6.07, 6.45) is -3.70. The maximum absolute atomic E-state index is 12.4. The second-order valence-electron chi connectivity index (χ2n) is 6.24. The molecule has 2 saturated heterocycles. The highest BCUT2D eigenvalue weighted by Gasteiger charge is 2.57. The lowest BCUT2D eigenvalue weighted by molar-refractivity contribution is -0.157. The quantitative estimate of drug-likeness (QED) is 0.761. The maximum atomic E-state index is 12.4. The van der Waals surface area contributed by atoms with Gasteiger partial charge in [0.15, 0.2) is 6.61 Å². The van der Waals surface area contributed by atoms with Gasteiger partial charge in [-0.3, -0.25) is 9.59 Å². The van der Waals surface area contributed by atoms with Crippen LogP contribution in [0, 0.1) is 0 Å². The van der Waals surface area contributed by atoms with Crippen molar-refractivity contribution in [2.75, 3.05) is 18.9 Å². The van der Waals surface area contributed by atoms with Crippen molar-refractivity contribution in [3.05, 3.63) is 35.9 Å². The van der Waals surface area contributed by atoms with Crippen molar-refractivity contribution in [3.8, 4) is 0 Å². The molecule has 10 heteroatoms. The summed E-state index contributed by atoms with van der Waals surface area (Å²) in [6.45, 7) is -2.32. The van der Waals surface area contributed by atoms with E-state index in [0.29, 0.717) is 12.2 Å². The second-order valence-corrected chi connectivity index (χ2v) is 7.54. The number of thioether (sulfide) groups is 1. The van der Waals surface area contributed by atoms with Gasteiger partial charge in [-0.2, -0.15) is 13.2 Å². The van der Waals surface area contributed by atoms with E-state index in [0.717, 1.165) is 5.56 Å². The fraction of sp³-hybridized carbons (Fsp3) is 0.471. The van der Waals surface area contributed by atoms with Gasteiger partial charge in [0.1, 0.15) is 17.5 Å². The number of nitrogens with one attached hydrogen (secondary N) is 1. The summed E-state index contributed by atoms with van der Waals surface area (Å²) in [7, 11) is 0. The minimum atomic E-state index is -4.54. The molecule has 0 aliphatic carbocycles. The number of carbonyl (C=O) groups is 3. The molecule has 2 amide bonds. The highest BCUT2D eigenvalue weighted by molar-refractivity contribution is 8.00. The Kier molecular flexibility index (Phi) is 5.36. The van der Waals surface area contributed by atoms with E-state index in [-0.39, 0.29) is 12.3 Å². The lowest BCUT2D eigenvalue weighted by Crippen LogP contribution is -2.47. The Morgan fingerprint density at radius 1 is 1.30 bits per heavy atom. The van der Waals surface area contributed by atoms with Crippen molar-refractivity contribution in [1.29, 1.82) is 0 Å². The third-order valence-corrected chi connectivity index (χ3v) is 6.05. The molecule has 0 bridgehead atoms. The van der Waals surface area contributed by atoms with Gasteiger partial charge in [0.25, 0.3) is 5.91 Å². The highest BCUT2D eigenvalue weighted by atomic mass is 32.2. The van der Waals surface area contributed by atoms with Gasteiger partial charge in [0, 0.05) is 12.2 Å². The van der Waals surface area contributed by atoms with E-state index in [1.165, 1.54) is 16.7 Å². The molecule has 1 N–H and O–H groups in total. The summed E-state index contributed by atoms with van der Waals surface area (Å²) >= 11 is 1.46. The predicted molar refractivity (Wildman–Crippen MR) is 90.5 cm³/mol. The molecule has 1 aromatic carbocycles. The molecule has 0 saturated carbocycles. The Morgan fingerprint density at radius 3 is 2.67 bits per heavy atom. The molecule has 27 heavy (non-hydrogen) atoms. The summed E-state index contributed by atoms with van der Waals surface area (Å²) in [6, 6.07) is 8.45. The molecular weight excluding hydrogens is 385 g/mol. The zero-order chi connectivity index (χ0) is 19.7. The van der Waals surface area contributed by atoms with E-state index in [2.05, 4.69) is 0 Å². The van der Waals surface area contributed by atoms with E-state index < -0.39 is 42.1 Å². The smallest absolute Gasteiger partial charge is 0.405 e. The van der Waals surface area contributed by atoms with Crippen LogP contribution in [0.3, 0.4) is 0 Å². The van der Waals surface area contributed by atoms with Gasteiger partial charge >= 0.3 is 12.1 Å². The average molecular weight is 402 g/mol. The monoisotopic (exact) mass is 402 g/mol. The molecular formula is C17H17F3N2O4S. The first-order valence-corrected chi connectivity index (χ1v) is 9.23. The number of amides is 2. The molecule has 146 valence electrons. The molecule has 0 spiro atoms. The summed E-state index contributed by atoms with van der Waals surface area (Å²) in [5.74, 6) is -1.73. The SMILES string of the molecule is O=C(COC(=O)[C@@H]1CS[C@]2(c3ccccc3)CCC(=O)N12)NCC(F)(F)F. The Balaban J connectivity index is 1.65. The Bertz CT molecular complexity index is 743. The van der Waals surface area contributed by atoms with Crippen molar-refractivity contribution in [1.82, 2.24) is 10.2 Å². The Morgan fingerprint density at radius 2 is 2.00 bits per heavy atom. The summed E-state index contributed by atoms with van der Waals surface area (Å²) in [4.78, 5) is 37.0. The molecule has 2 aliphatic rings. The van der Waals surface area contributed by atoms with Crippen molar-refractivity contribution >= 4 is 29.5 Å². The molecule has 2 fully saturated rings. The predicted octanol–water partition coefficient (Wildman–Crippen LogP) is 1.80. The number of nitrogens with zero attached hydrogens (tertiary/aromatic N) is 1. The molecule has 2 aliphatic heterocycles. The molecule has 2 atom stereocenters. The minimum Gasteiger partial charge on any atom is -0.454 e. The molecule has 3 rings (SSSR count). The normalized spacial score (nSPS) is 24.6. The zero-order valence-electron chi connectivity index (χ0n) is 14.1. The van der Waals surface area contributed by atoms with Crippen LogP contribution in [0.15, 0.2) is 30.3 Å². The van der Waals surface area contributed by atoms with Crippen molar-refractivity contribution in [2.24, 2.45) is 0 Å². The number of carbonyl (C=O) groups excluding carboxylic acids is 3. The number of esters is 1. The number of rotatable bonds is 5. The van der Waals surface area contributed by atoms with Crippen LogP contribution < -0.4 is 5.32 Å². The van der Waals surface area contributed by atoms with Crippen molar-refractivity contribution in [3.63, 3.8) is 0 Å². The number of fused-ring (bicyclic) bond motifs is 1. The first-order valence-electron chi connectivity index (χ1n) is 8.25. The van der Waals surface area contributed by atoms with E-state index in [4.69, 9.17) is 4.74 Å². The number of hydrogen-bond donors (Lipinski definition) is 1. The van der Waals surface area contributed by atoms with Gasteiger partial charge in [0.2, 0.25) is 5.91 Å². The van der Waals surface area contributed by atoms with Crippen LogP contribution in [-0.2, 0) is 24.0 Å². The van der Waals surface area contributed by atoms with Crippen LogP contribution in [-0.4, -0.2) is 53.8 Å². The largest absolute Gasteiger partial charge is 0.454 e. The first-order chi connectivity index (χ1) is 12.7. The van der Waals surface area contributed by atoms with Crippen molar-refractivity contribution in [2.45, 2.75) is 29.9 Å². The summed E-state index contributed by atoms with van der Waals surface area (Å²) in [5, 5.41) is 1.63. The third kappa shape index (κ3) is 4.05. The third-order valence-electron chi connectivity index (χ3n) is 4.46. The van der Waals surface area contributed by atoms with Gasteiger partial charge < -0.3 is 15.0 Å². The van der Waals surface area contributed by atoms with E-state index in [9.17, 15) is 27.6 Å². The molecule has 0 radical (unpaired) electrons. The van der Waals surface area contributed by atoms with Crippen LogP contribution in [0.1, 0.15) is 18.4 Å². The van der Waals surface area contributed by atoms with Crippen LogP contribution in [0.5, 0.6) is 0 Å². The van der Waals surface area contributed by atoms with Gasteiger partial charge in [-0.05, 0) is 12.0 Å². The Labute approximate surface area is 157 Å². The Hall–Kier alpha value is -2.23. The van der Waals surface area contributed by atoms with Gasteiger partial charge in [-0.1, -0.05) is 30.3 Å². The fourth-order valence-electron chi connectivity index (χ4n) is 3.30. The molecule has 2 heterocycles. The number of alkyl halides is 3. The van der Waals surface area contributed by atoms with Gasteiger partial charge in [0.05, 0.1) is 0 Å².